The van der Waals surface area contributed by atoms with Gasteiger partial charge in [-0.2, -0.15) is 0 Å². The van der Waals surface area contributed by atoms with E-state index in [0.717, 1.165) is 0 Å². The molecule has 2 aromatic rings. The third-order valence-corrected chi connectivity index (χ3v) is 4.48. The van der Waals surface area contributed by atoms with E-state index >= 15 is 0 Å². The van der Waals surface area contributed by atoms with Gasteiger partial charge in [-0.1, -0.05) is 6.07 Å². The summed E-state index contributed by atoms with van der Waals surface area (Å²) in [7, 11) is 1.50. The van der Waals surface area contributed by atoms with Crippen LogP contribution in [0.5, 0.6) is 5.75 Å². The maximum absolute atomic E-state index is 11.9. The quantitative estimate of drug-likeness (QED) is 0.381. The van der Waals surface area contributed by atoms with Crippen LogP contribution < -0.4 is 16.9 Å². The van der Waals surface area contributed by atoms with E-state index in [2.05, 4.69) is 5.73 Å². The van der Waals surface area contributed by atoms with Gasteiger partial charge in [0.15, 0.2) is 5.43 Å². The Morgan fingerprint density at radius 3 is 2.30 bits per heavy atom. The van der Waals surface area contributed by atoms with Crippen molar-refractivity contribution in [3.63, 3.8) is 0 Å². The molecule has 0 fully saturated rings. The van der Waals surface area contributed by atoms with Gasteiger partial charge in [0.05, 0.1) is 5.56 Å². The van der Waals surface area contributed by atoms with Gasteiger partial charge in [0.2, 0.25) is 5.91 Å². The van der Waals surface area contributed by atoms with Crippen LogP contribution in [0.4, 0.5) is 0 Å². The monoisotopic (exact) mass is 406 g/mol. The second kappa shape index (κ2) is 8.06. The summed E-state index contributed by atoms with van der Waals surface area (Å²) in [6.45, 7) is 0. The molecule has 8 nitrogen and oxygen atoms in total. The van der Waals surface area contributed by atoms with Crippen LogP contribution in [-0.2, 0) is 0 Å². The Labute approximate surface area is 170 Å². The van der Waals surface area contributed by atoms with E-state index in [1.165, 1.54) is 49.5 Å². The minimum atomic E-state index is -1.24. The van der Waals surface area contributed by atoms with Crippen LogP contribution in [0.15, 0.2) is 63.8 Å². The summed E-state index contributed by atoms with van der Waals surface area (Å²) >= 11 is 0. The fourth-order valence-corrected chi connectivity index (χ4v) is 3.24. The van der Waals surface area contributed by atoms with E-state index in [9.17, 15) is 24.6 Å². The molecule has 2 aromatic carbocycles. The number of carboxylic acids is 1. The first kappa shape index (κ1) is 20.6. The number of hydrogen-bond donors (Lipinski definition) is 4. The fourth-order valence-electron chi connectivity index (χ4n) is 3.24. The smallest absolute Gasteiger partial charge is 0.336 e. The number of phenolic OH excluding ortho intramolecular Hbond substituents is 1. The van der Waals surface area contributed by atoms with Crippen molar-refractivity contribution in [2.45, 2.75) is 0 Å². The molecule has 0 bridgehead atoms. The number of aromatic carboxylic acids is 1. The van der Waals surface area contributed by atoms with E-state index in [0.29, 0.717) is 22.1 Å². The van der Waals surface area contributed by atoms with E-state index < -0.39 is 11.9 Å². The van der Waals surface area contributed by atoms with E-state index in [1.54, 1.807) is 12.1 Å². The number of nitrogens with two attached hydrogens (primary N) is 2. The van der Waals surface area contributed by atoms with Gasteiger partial charge in [-0.25, -0.2) is 4.79 Å². The largest absolute Gasteiger partial charge is 0.508 e. The van der Waals surface area contributed by atoms with Crippen LogP contribution in [0.2, 0.25) is 0 Å². The predicted molar refractivity (Wildman–Crippen MR) is 112 cm³/mol. The molecule has 30 heavy (non-hydrogen) atoms. The van der Waals surface area contributed by atoms with Crippen LogP contribution in [0.3, 0.4) is 0 Å². The normalized spacial score (nSPS) is 10.5. The highest BCUT2D eigenvalue weighted by atomic mass is 16.4. The number of carboxylic acid groups (broad SMARTS) is 1. The van der Waals surface area contributed by atoms with Crippen LogP contribution in [0, 0.1) is 0 Å². The molecule has 1 aliphatic carbocycles. The van der Waals surface area contributed by atoms with Gasteiger partial charge >= 0.3 is 5.97 Å². The lowest BCUT2D eigenvalue weighted by atomic mass is 9.90. The number of aromatic hydroxyl groups is 1. The fraction of sp³-hybridized carbons (Fsp3) is 0.0455. The maximum atomic E-state index is 11.9. The van der Waals surface area contributed by atoms with Crippen molar-refractivity contribution in [1.29, 1.82) is 0 Å². The summed E-state index contributed by atoms with van der Waals surface area (Å²) in [4.78, 5) is 35.1. The lowest BCUT2D eigenvalue weighted by Gasteiger charge is -2.17. The summed E-state index contributed by atoms with van der Waals surface area (Å²) in [6.07, 6.45) is 0. The average Bonchev–Trinajstić information content (AvgIpc) is 2.72. The number of amides is 1. The molecular weight excluding hydrogens is 388 g/mol. The summed E-state index contributed by atoms with van der Waals surface area (Å²) in [6, 6.07) is 12.8. The molecule has 1 heterocycles. The Kier molecular flexibility index (Phi) is 5.52. The number of rotatable bonds is 3. The maximum Gasteiger partial charge on any atom is 0.336 e. The lowest BCUT2D eigenvalue weighted by molar-refractivity contribution is 0.0697. The summed E-state index contributed by atoms with van der Waals surface area (Å²) in [5.41, 5.74) is 11.1. The molecule has 152 valence electrons. The van der Waals surface area contributed by atoms with Gasteiger partial charge in [-0.05, 0) is 49.0 Å². The minimum absolute atomic E-state index is 0.0395. The first-order chi connectivity index (χ1) is 14.3. The molecule has 0 saturated heterocycles. The number of primary amides is 1. The van der Waals surface area contributed by atoms with Gasteiger partial charge < -0.3 is 26.1 Å². The molecule has 4 rings (SSSR count). The van der Waals surface area contributed by atoms with Gasteiger partial charge in [-0.15, -0.1) is 0 Å². The van der Waals surface area contributed by atoms with Gasteiger partial charge in [0, 0.05) is 34.2 Å². The van der Waals surface area contributed by atoms with Gasteiger partial charge in [0.1, 0.15) is 17.1 Å². The molecule has 0 unspecified atom stereocenters. The molecule has 0 saturated carbocycles. The number of phenols is 1. The Balaban J connectivity index is 0.00000124. The molecule has 0 radical (unpaired) electrons. The Hall–Kier alpha value is -4.17. The minimum Gasteiger partial charge on any atom is -0.508 e. The Morgan fingerprint density at radius 1 is 0.933 bits per heavy atom. The standard InChI is InChI=1S/C21H13NO6.CH5N/c22-20(25)10-1-4-13(16(7-10)21(26)27)19-14-5-2-11(23)8-17(14)28-18-9-12(24)3-6-15(18)19;1-2/h1-9,23H,(H2,22,25)(H,26,27);2H2,1H3. The topological polar surface area (TPSA) is 157 Å². The van der Waals surface area contributed by atoms with Crippen molar-refractivity contribution in [2.24, 2.45) is 11.5 Å². The summed E-state index contributed by atoms with van der Waals surface area (Å²) < 4.78 is 5.75. The number of benzene rings is 3. The van der Waals surface area contributed by atoms with Crippen molar-refractivity contribution in [1.82, 2.24) is 0 Å². The van der Waals surface area contributed by atoms with Crippen LogP contribution in [0.25, 0.3) is 33.4 Å². The average molecular weight is 406 g/mol. The van der Waals surface area contributed by atoms with Crippen molar-refractivity contribution < 1.29 is 24.2 Å². The second-order valence-corrected chi connectivity index (χ2v) is 6.25. The molecule has 0 aromatic heterocycles. The second-order valence-electron chi connectivity index (χ2n) is 6.25. The van der Waals surface area contributed by atoms with Crippen LogP contribution in [-0.4, -0.2) is 29.1 Å². The molecule has 1 aliphatic heterocycles. The van der Waals surface area contributed by atoms with Crippen LogP contribution >= 0.6 is 0 Å². The van der Waals surface area contributed by atoms with Crippen LogP contribution in [0.1, 0.15) is 20.7 Å². The number of hydrogen-bond acceptors (Lipinski definition) is 6. The highest BCUT2D eigenvalue weighted by Gasteiger charge is 2.22. The number of fused-ring (bicyclic) bond motifs is 2. The van der Waals surface area contributed by atoms with Crippen molar-refractivity contribution in [3.05, 3.63) is 75.9 Å². The zero-order valence-electron chi connectivity index (χ0n) is 15.9. The molecule has 6 N–H and O–H groups in total. The molecule has 0 spiro atoms. The molecule has 8 heteroatoms. The third-order valence-electron chi connectivity index (χ3n) is 4.48. The molecular formula is C22H18N2O6. The summed E-state index contributed by atoms with van der Waals surface area (Å²) in [5, 5.41) is 20.0. The number of carbonyl (C=O) groups excluding carboxylic acids is 1. The highest BCUT2D eigenvalue weighted by Crippen LogP contribution is 2.42. The Morgan fingerprint density at radius 2 is 1.63 bits per heavy atom. The molecule has 0 atom stereocenters. The van der Waals surface area contributed by atoms with Crippen molar-refractivity contribution in [3.8, 4) is 28.2 Å². The zero-order valence-corrected chi connectivity index (χ0v) is 15.9. The first-order valence-corrected chi connectivity index (χ1v) is 8.80. The van der Waals surface area contributed by atoms with E-state index in [-0.39, 0.29) is 33.6 Å². The van der Waals surface area contributed by atoms with Crippen molar-refractivity contribution >= 4 is 22.8 Å². The van der Waals surface area contributed by atoms with Crippen molar-refractivity contribution in [2.75, 3.05) is 7.05 Å². The summed E-state index contributed by atoms with van der Waals surface area (Å²) in [5.74, 6) is -1.77. The lowest BCUT2D eigenvalue weighted by Crippen LogP contribution is -2.12. The molecule has 2 aliphatic rings. The number of carbonyl (C=O) groups is 2. The molecule has 1 amide bonds. The SMILES string of the molecule is CN.NC(=O)c1ccc(-c2c3ccc(=O)cc-3oc3cc(O)ccc23)c(C(=O)O)c1. The predicted octanol–water partition coefficient (Wildman–Crippen LogP) is 2.64. The van der Waals surface area contributed by atoms with E-state index in [1.807, 2.05) is 0 Å². The highest BCUT2D eigenvalue weighted by molar-refractivity contribution is 6.08. The van der Waals surface area contributed by atoms with E-state index in [4.69, 9.17) is 10.2 Å². The Bertz CT molecular complexity index is 1310. The third kappa shape index (κ3) is 3.59. The van der Waals surface area contributed by atoms with Gasteiger partial charge in [-0.3, -0.25) is 9.59 Å². The van der Waals surface area contributed by atoms with Gasteiger partial charge in [0.25, 0.3) is 0 Å². The zero-order chi connectivity index (χ0) is 22.0. The first-order valence-electron chi connectivity index (χ1n) is 8.80.